The standard InChI is InChI=1S/C21H21N3O2S/c1-3-13-24-20(26)16-10-6-8-12-18(16)23-21(24)27-14-19(25)22-17-11-7-5-9-15(17)4-2/h3,5-12H,1,4,13-14H2,2H3,(H,22,25). The number of nitrogens with one attached hydrogen (secondary N) is 1. The van der Waals surface area contributed by atoms with Gasteiger partial charge in [0.15, 0.2) is 5.16 Å². The van der Waals surface area contributed by atoms with E-state index in [9.17, 15) is 9.59 Å². The second-order valence-electron chi connectivity index (χ2n) is 5.96. The molecular formula is C21H21N3O2S. The fourth-order valence-electron chi connectivity index (χ4n) is 2.81. The van der Waals surface area contributed by atoms with Gasteiger partial charge in [-0.05, 0) is 30.2 Å². The maximum absolute atomic E-state index is 12.7. The number of thioether (sulfide) groups is 1. The van der Waals surface area contributed by atoms with E-state index in [2.05, 4.69) is 16.9 Å². The van der Waals surface area contributed by atoms with E-state index >= 15 is 0 Å². The number of fused-ring (bicyclic) bond motifs is 1. The van der Waals surface area contributed by atoms with Crippen LogP contribution in [0.1, 0.15) is 12.5 Å². The zero-order chi connectivity index (χ0) is 19.2. The molecule has 0 saturated heterocycles. The highest BCUT2D eigenvalue weighted by Gasteiger charge is 2.13. The number of hydrogen-bond acceptors (Lipinski definition) is 4. The van der Waals surface area contributed by atoms with Crippen LogP contribution in [0.3, 0.4) is 0 Å². The smallest absolute Gasteiger partial charge is 0.262 e. The van der Waals surface area contributed by atoms with Crippen molar-refractivity contribution in [3.8, 4) is 0 Å². The molecule has 0 saturated carbocycles. The van der Waals surface area contributed by atoms with Crippen LogP contribution in [0.4, 0.5) is 5.69 Å². The molecule has 0 atom stereocenters. The van der Waals surface area contributed by atoms with Crippen molar-refractivity contribution in [3.05, 3.63) is 77.1 Å². The summed E-state index contributed by atoms with van der Waals surface area (Å²) in [4.78, 5) is 29.7. The third kappa shape index (κ3) is 4.28. The number of aromatic nitrogens is 2. The fraction of sp³-hybridized carbons (Fsp3) is 0.190. The van der Waals surface area contributed by atoms with E-state index in [1.165, 1.54) is 11.8 Å². The molecule has 3 aromatic rings. The summed E-state index contributed by atoms with van der Waals surface area (Å²) < 4.78 is 1.55. The molecule has 0 bridgehead atoms. The van der Waals surface area contributed by atoms with Gasteiger partial charge in [0.05, 0.1) is 16.7 Å². The van der Waals surface area contributed by atoms with Crippen molar-refractivity contribution >= 4 is 34.3 Å². The molecule has 0 radical (unpaired) electrons. The summed E-state index contributed by atoms with van der Waals surface area (Å²) in [6.45, 7) is 6.11. The van der Waals surface area contributed by atoms with Gasteiger partial charge in [0.2, 0.25) is 5.91 Å². The maximum Gasteiger partial charge on any atom is 0.262 e. The number of allylic oxidation sites excluding steroid dienone is 1. The van der Waals surface area contributed by atoms with Gasteiger partial charge >= 0.3 is 0 Å². The quantitative estimate of drug-likeness (QED) is 0.384. The highest BCUT2D eigenvalue weighted by molar-refractivity contribution is 7.99. The van der Waals surface area contributed by atoms with Crippen LogP contribution in [0, 0.1) is 0 Å². The van der Waals surface area contributed by atoms with E-state index in [1.54, 1.807) is 22.8 Å². The van der Waals surface area contributed by atoms with E-state index in [0.717, 1.165) is 17.7 Å². The van der Waals surface area contributed by atoms with Crippen molar-refractivity contribution in [2.45, 2.75) is 25.0 Å². The first-order chi connectivity index (χ1) is 13.1. The summed E-state index contributed by atoms with van der Waals surface area (Å²) in [7, 11) is 0. The minimum Gasteiger partial charge on any atom is -0.325 e. The molecule has 5 nitrogen and oxygen atoms in total. The highest BCUT2D eigenvalue weighted by atomic mass is 32.2. The molecule has 0 fully saturated rings. The number of rotatable bonds is 7. The Kier molecular flexibility index (Phi) is 6.08. The van der Waals surface area contributed by atoms with Crippen molar-refractivity contribution in [3.63, 3.8) is 0 Å². The summed E-state index contributed by atoms with van der Waals surface area (Å²) in [6.07, 6.45) is 2.49. The number of nitrogens with zero attached hydrogens (tertiary/aromatic N) is 2. The topological polar surface area (TPSA) is 64.0 Å². The van der Waals surface area contributed by atoms with E-state index in [1.807, 2.05) is 43.3 Å². The Morgan fingerprint density at radius 3 is 2.74 bits per heavy atom. The third-order valence-electron chi connectivity index (χ3n) is 4.14. The Morgan fingerprint density at radius 1 is 1.22 bits per heavy atom. The fourth-order valence-corrected chi connectivity index (χ4v) is 3.62. The average molecular weight is 379 g/mol. The maximum atomic E-state index is 12.7. The zero-order valence-electron chi connectivity index (χ0n) is 15.1. The predicted molar refractivity (Wildman–Crippen MR) is 111 cm³/mol. The normalized spacial score (nSPS) is 10.7. The Hall–Kier alpha value is -2.86. The van der Waals surface area contributed by atoms with Gasteiger partial charge in [0.25, 0.3) is 5.56 Å². The summed E-state index contributed by atoms with van der Waals surface area (Å²) in [6, 6.07) is 15.0. The predicted octanol–water partition coefficient (Wildman–Crippen LogP) is 3.88. The van der Waals surface area contributed by atoms with Crippen molar-refractivity contribution in [1.82, 2.24) is 9.55 Å². The lowest BCUT2D eigenvalue weighted by Crippen LogP contribution is -2.23. The first-order valence-corrected chi connectivity index (χ1v) is 9.73. The van der Waals surface area contributed by atoms with Crippen LogP contribution in [0.5, 0.6) is 0 Å². The number of benzene rings is 2. The molecule has 3 rings (SSSR count). The molecule has 0 unspecified atom stereocenters. The first-order valence-electron chi connectivity index (χ1n) is 8.75. The van der Waals surface area contributed by atoms with Gasteiger partial charge in [0.1, 0.15) is 0 Å². The lowest BCUT2D eigenvalue weighted by atomic mass is 10.1. The Morgan fingerprint density at radius 2 is 1.96 bits per heavy atom. The molecule has 138 valence electrons. The first kappa shape index (κ1) is 18.9. The van der Waals surface area contributed by atoms with Gasteiger partial charge in [-0.3, -0.25) is 14.2 Å². The molecule has 2 aromatic carbocycles. The molecule has 0 spiro atoms. The van der Waals surface area contributed by atoms with E-state index < -0.39 is 0 Å². The van der Waals surface area contributed by atoms with Crippen molar-refractivity contribution in [2.75, 3.05) is 11.1 Å². The number of carbonyl (C=O) groups excluding carboxylic acids is 1. The van der Waals surface area contributed by atoms with Gasteiger partial charge in [0, 0.05) is 12.2 Å². The van der Waals surface area contributed by atoms with Gasteiger partial charge in [-0.1, -0.05) is 55.1 Å². The lowest BCUT2D eigenvalue weighted by molar-refractivity contribution is -0.113. The minimum atomic E-state index is -0.131. The molecule has 1 amide bonds. The SMILES string of the molecule is C=CCn1c(SCC(=O)Nc2ccccc2CC)nc2ccccc2c1=O. The number of carbonyl (C=O) groups is 1. The second kappa shape index (κ2) is 8.68. The Balaban J connectivity index is 1.81. The van der Waals surface area contributed by atoms with Crippen LogP contribution in [0.15, 0.2) is 71.1 Å². The van der Waals surface area contributed by atoms with Crippen molar-refractivity contribution in [2.24, 2.45) is 0 Å². The Bertz CT molecular complexity index is 1040. The van der Waals surface area contributed by atoms with Crippen LogP contribution >= 0.6 is 11.8 Å². The van der Waals surface area contributed by atoms with Gasteiger partial charge in [-0.15, -0.1) is 6.58 Å². The van der Waals surface area contributed by atoms with Crippen LogP contribution in [-0.4, -0.2) is 21.2 Å². The van der Waals surface area contributed by atoms with Crippen molar-refractivity contribution < 1.29 is 4.79 Å². The van der Waals surface area contributed by atoms with E-state index in [0.29, 0.717) is 22.6 Å². The van der Waals surface area contributed by atoms with Gasteiger partial charge in [-0.25, -0.2) is 4.98 Å². The van der Waals surface area contributed by atoms with Crippen LogP contribution in [-0.2, 0) is 17.8 Å². The molecule has 27 heavy (non-hydrogen) atoms. The van der Waals surface area contributed by atoms with Crippen LogP contribution in [0.25, 0.3) is 10.9 Å². The molecule has 0 aliphatic carbocycles. The number of anilines is 1. The summed E-state index contributed by atoms with van der Waals surface area (Å²) in [5.74, 6) is 0.0356. The summed E-state index contributed by atoms with van der Waals surface area (Å²) in [5.41, 5.74) is 2.41. The second-order valence-corrected chi connectivity index (χ2v) is 6.91. The molecule has 1 aromatic heterocycles. The molecule has 1 N–H and O–H groups in total. The molecule has 0 aliphatic rings. The largest absolute Gasteiger partial charge is 0.325 e. The number of amides is 1. The lowest BCUT2D eigenvalue weighted by Gasteiger charge is -2.12. The summed E-state index contributed by atoms with van der Waals surface area (Å²) in [5, 5.41) is 4.01. The summed E-state index contributed by atoms with van der Waals surface area (Å²) >= 11 is 1.25. The van der Waals surface area contributed by atoms with E-state index in [4.69, 9.17) is 0 Å². The monoisotopic (exact) mass is 379 g/mol. The third-order valence-corrected chi connectivity index (χ3v) is 5.12. The van der Waals surface area contributed by atoms with E-state index in [-0.39, 0.29) is 17.2 Å². The Labute approximate surface area is 162 Å². The highest BCUT2D eigenvalue weighted by Crippen LogP contribution is 2.20. The molecule has 1 heterocycles. The number of hydrogen-bond donors (Lipinski definition) is 1. The number of para-hydroxylation sites is 2. The molecule has 0 aliphatic heterocycles. The molecular weight excluding hydrogens is 358 g/mol. The van der Waals surface area contributed by atoms with Crippen LogP contribution in [0.2, 0.25) is 0 Å². The average Bonchev–Trinajstić information content (AvgIpc) is 2.69. The van der Waals surface area contributed by atoms with Gasteiger partial charge < -0.3 is 5.32 Å². The molecule has 6 heteroatoms. The van der Waals surface area contributed by atoms with Crippen LogP contribution < -0.4 is 10.9 Å². The van der Waals surface area contributed by atoms with Gasteiger partial charge in [-0.2, -0.15) is 0 Å². The van der Waals surface area contributed by atoms with Crippen molar-refractivity contribution in [1.29, 1.82) is 0 Å². The zero-order valence-corrected chi connectivity index (χ0v) is 16.0. The minimum absolute atomic E-state index is 0.125. The number of aryl methyl sites for hydroxylation is 1.